The largest absolute Gasteiger partial charge is 0.323 e. The summed E-state index contributed by atoms with van der Waals surface area (Å²) in [5.74, 6) is -0.0411. The Labute approximate surface area is 167 Å². The first-order valence-corrected chi connectivity index (χ1v) is 9.71. The lowest BCUT2D eigenvalue weighted by Crippen LogP contribution is -2.16. The van der Waals surface area contributed by atoms with Crippen LogP contribution in [0.15, 0.2) is 34.9 Å². The van der Waals surface area contributed by atoms with Crippen LogP contribution in [-0.4, -0.2) is 25.5 Å². The molecule has 6 nitrogen and oxygen atoms in total. The molecule has 3 aromatic rings. The van der Waals surface area contributed by atoms with Crippen molar-refractivity contribution in [2.45, 2.75) is 47.2 Å². The Morgan fingerprint density at radius 2 is 1.93 bits per heavy atom. The molecule has 0 spiro atoms. The van der Waals surface area contributed by atoms with E-state index in [9.17, 15) is 4.79 Å². The Morgan fingerprint density at radius 3 is 2.59 bits per heavy atom. The minimum Gasteiger partial charge on any atom is -0.323 e. The first-order valence-electron chi connectivity index (χ1n) is 8.92. The van der Waals surface area contributed by atoms with E-state index >= 15 is 0 Å². The van der Waals surface area contributed by atoms with Crippen LogP contribution in [0.4, 0.5) is 5.69 Å². The van der Waals surface area contributed by atoms with Gasteiger partial charge in [-0.2, -0.15) is 10.2 Å². The molecular weight excluding hydrogens is 406 g/mol. The van der Waals surface area contributed by atoms with E-state index < -0.39 is 0 Å². The highest BCUT2D eigenvalue weighted by molar-refractivity contribution is 9.10. The molecule has 0 radical (unpaired) electrons. The third kappa shape index (κ3) is 4.66. The molecule has 0 fully saturated rings. The fourth-order valence-corrected chi connectivity index (χ4v) is 3.36. The number of benzene rings is 1. The van der Waals surface area contributed by atoms with Gasteiger partial charge in [-0.3, -0.25) is 14.2 Å². The SMILES string of the molecule is Cc1cccc(Cn2nc(C)c(NC(=O)CCn3cc(Br)c(C)n3)c2C)c1. The van der Waals surface area contributed by atoms with E-state index in [1.807, 2.05) is 37.7 Å². The smallest absolute Gasteiger partial charge is 0.226 e. The summed E-state index contributed by atoms with van der Waals surface area (Å²) in [5, 5.41) is 12.0. The van der Waals surface area contributed by atoms with Crippen molar-refractivity contribution in [3.05, 3.63) is 63.1 Å². The number of carbonyl (C=O) groups is 1. The maximum absolute atomic E-state index is 12.4. The van der Waals surface area contributed by atoms with Crippen LogP contribution in [0.25, 0.3) is 0 Å². The van der Waals surface area contributed by atoms with Crippen molar-refractivity contribution in [2.24, 2.45) is 0 Å². The third-order valence-corrected chi connectivity index (χ3v) is 5.29. The highest BCUT2D eigenvalue weighted by atomic mass is 79.9. The molecule has 0 atom stereocenters. The summed E-state index contributed by atoms with van der Waals surface area (Å²) in [6.45, 7) is 9.13. The molecule has 0 aliphatic heterocycles. The molecule has 2 aromatic heterocycles. The topological polar surface area (TPSA) is 64.7 Å². The number of carbonyl (C=O) groups excluding carboxylic acids is 1. The number of halogens is 1. The fraction of sp³-hybridized carbons (Fsp3) is 0.350. The maximum atomic E-state index is 12.4. The zero-order valence-electron chi connectivity index (χ0n) is 16.1. The van der Waals surface area contributed by atoms with Crippen molar-refractivity contribution in [1.29, 1.82) is 0 Å². The molecule has 1 amide bonds. The summed E-state index contributed by atoms with van der Waals surface area (Å²) in [5.41, 5.74) is 5.91. The van der Waals surface area contributed by atoms with Crippen molar-refractivity contribution in [3.63, 3.8) is 0 Å². The Morgan fingerprint density at radius 1 is 1.15 bits per heavy atom. The number of hydrogen-bond donors (Lipinski definition) is 1. The zero-order valence-corrected chi connectivity index (χ0v) is 17.7. The second-order valence-electron chi connectivity index (χ2n) is 6.82. The van der Waals surface area contributed by atoms with Crippen LogP contribution < -0.4 is 5.32 Å². The molecule has 0 unspecified atom stereocenters. The number of hydrogen-bond acceptors (Lipinski definition) is 3. The molecular formula is C20H24BrN5O. The molecule has 0 aliphatic carbocycles. The predicted octanol–water partition coefficient (Wildman–Crippen LogP) is 4.15. The highest BCUT2D eigenvalue weighted by Gasteiger charge is 2.15. The van der Waals surface area contributed by atoms with Crippen LogP contribution in [0.2, 0.25) is 0 Å². The van der Waals surface area contributed by atoms with Gasteiger partial charge in [-0.15, -0.1) is 0 Å². The van der Waals surface area contributed by atoms with Crippen LogP contribution in [0.5, 0.6) is 0 Å². The Balaban J connectivity index is 1.66. The lowest BCUT2D eigenvalue weighted by Gasteiger charge is -2.08. The summed E-state index contributed by atoms with van der Waals surface area (Å²) < 4.78 is 4.67. The Kier molecular flexibility index (Phi) is 5.79. The van der Waals surface area contributed by atoms with Gasteiger partial charge in [-0.1, -0.05) is 29.8 Å². The Hall–Kier alpha value is -2.41. The minimum atomic E-state index is -0.0411. The van der Waals surface area contributed by atoms with Gasteiger partial charge in [0.05, 0.1) is 33.8 Å². The number of aryl methyl sites for hydroxylation is 4. The molecule has 1 aromatic carbocycles. The second-order valence-corrected chi connectivity index (χ2v) is 7.67. The molecule has 27 heavy (non-hydrogen) atoms. The van der Waals surface area contributed by atoms with Crippen molar-refractivity contribution in [3.8, 4) is 0 Å². The fourth-order valence-electron chi connectivity index (χ4n) is 3.04. The zero-order chi connectivity index (χ0) is 19.6. The van der Waals surface area contributed by atoms with Crippen molar-refractivity contribution < 1.29 is 4.79 Å². The lowest BCUT2D eigenvalue weighted by atomic mass is 10.1. The van der Waals surface area contributed by atoms with Gasteiger partial charge in [0.15, 0.2) is 0 Å². The van der Waals surface area contributed by atoms with E-state index in [2.05, 4.69) is 56.6 Å². The van der Waals surface area contributed by atoms with Gasteiger partial charge in [0.25, 0.3) is 0 Å². The first-order chi connectivity index (χ1) is 12.8. The van der Waals surface area contributed by atoms with Gasteiger partial charge in [0, 0.05) is 19.2 Å². The Bertz CT molecular complexity index is 953. The van der Waals surface area contributed by atoms with Gasteiger partial charge < -0.3 is 5.32 Å². The number of anilines is 1. The van der Waals surface area contributed by atoms with Crippen molar-refractivity contribution in [2.75, 3.05) is 5.32 Å². The van der Waals surface area contributed by atoms with E-state index in [1.165, 1.54) is 11.1 Å². The predicted molar refractivity (Wildman–Crippen MR) is 110 cm³/mol. The molecule has 142 valence electrons. The summed E-state index contributed by atoms with van der Waals surface area (Å²) in [7, 11) is 0. The maximum Gasteiger partial charge on any atom is 0.226 e. The normalized spacial score (nSPS) is 11.0. The van der Waals surface area contributed by atoms with E-state index in [0.717, 1.165) is 27.2 Å². The molecule has 0 saturated carbocycles. The van der Waals surface area contributed by atoms with Gasteiger partial charge in [0.1, 0.15) is 0 Å². The van der Waals surface area contributed by atoms with E-state index in [0.29, 0.717) is 19.5 Å². The third-order valence-electron chi connectivity index (χ3n) is 4.52. The van der Waals surface area contributed by atoms with Gasteiger partial charge in [-0.05, 0) is 49.2 Å². The number of nitrogens with zero attached hydrogens (tertiary/aromatic N) is 4. The highest BCUT2D eigenvalue weighted by Crippen LogP contribution is 2.21. The monoisotopic (exact) mass is 429 g/mol. The summed E-state index contributed by atoms with van der Waals surface area (Å²) in [6.07, 6.45) is 2.24. The van der Waals surface area contributed by atoms with Gasteiger partial charge >= 0.3 is 0 Å². The number of aromatic nitrogens is 4. The lowest BCUT2D eigenvalue weighted by molar-refractivity contribution is -0.116. The van der Waals surface area contributed by atoms with E-state index in [1.54, 1.807) is 4.68 Å². The molecule has 2 heterocycles. The first kappa shape index (κ1) is 19.4. The van der Waals surface area contributed by atoms with Crippen LogP contribution in [0.1, 0.15) is 34.6 Å². The van der Waals surface area contributed by atoms with E-state index in [4.69, 9.17) is 0 Å². The van der Waals surface area contributed by atoms with Gasteiger partial charge in [-0.25, -0.2) is 0 Å². The number of nitrogens with one attached hydrogen (secondary N) is 1. The summed E-state index contributed by atoms with van der Waals surface area (Å²) >= 11 is 3.44. The molecule has 3 rings (SSSR count). The van der Waals surface area contributed by atoms with Crippen LogP contribution in [0.3, 0.4) is 0 Å². The average Bonchev–Trinajstić information content (AvgIpc) is 3.06. The second kappa shape index (κ2) is 8.08. The number of rotatable bonds is 6. The van der Waals surface area contributed by atoms with E-state index in [-0.39, 0.29) is 5.91 Å². The van der Waals surface area contributed by atoms with Gasteiger partial charge in [0.2, 0.25) is 5.91 Å². The molecule has 7 heteroatoms. The minimum absolute atomic E-state index is 0.0411. The summed E-state index contributed by atoms with van der Waals surface area (Å²) in [6, 6.07) is 8.37. The van der Waals surface area contributed by atoms with Crippen LogP contribution >= 0.6 is 15.9 Å². The van der Waals surface area contributed by atoms with Crippen molar-refractivity contribution >= 4 is 27.5 Å². The molecule has 1 N–H and O–H groups in total. The van der Waals surface area contributed by atoms with Crippen LogP contribution in [0, 0.1) is 27.7 Å². The summed E-state index contributed by atoms with van der Waals surface area (Å²) in [4.78, 5) is 12.4. The quantitative estimate of drug-likeness (QED) is 0.639. The number of amides is 1. The van der Waals surface area contributed by atoms with Crippen molar-refractivity contribution in [1.82, 2.24) is 19.6 Å². The average molecular weight is 430 g/mol. The molecule has 0 saturated heterocycles. The molecule has 0 bridgehead atoms. The standard InChI is InChI=1S/C20H24BrN5O/c1-13-6-5-7-17(10-13)11-26-16(4)20(15(3)24-26)22-19(27)8-9-25-12-18(21)14(2)23-25/h5-7,10,12H,8-9,11H2,1-4H3,(H,22,27). The van der Waals surface area contributed by atoms with Crippen LogP contribution in [-0.2, 0) is 17.9 Å². The molecule has 0 aliphatic rings.